The molecule has 0 aromatic carbocycles. The highest BCUT2D eigenvalue weighted by Crippen LogP contribution is 1.97. The minimum absolute atomic E-state index is 0.235. The van der Waals surface area contributed by atoms with E-state index in [2.05, 4.69) is 5.32 Å². The summed E-state index contributed by atoms with van der Waals surface area (Å²) in [6.07, 6.45) is 0. The van der Waals surface area contributed by atoms with Crippen LogP contribution in [-0.2, 0) is 14.4 Å². The van der Waals surface area contributed by atoms with Gasteiger partial charge in [0.2, 0.25) is 11.8 Å². The number of likely N-dealkylation sites (N-methyl/N-ethyl adjacent to an activating group) is 2. The maximum atomic E-state index is 11.9. The van der Waals surface area contributed by atoms with Gasteiger partial charge in [0.15, 0.2) is 0 Å². The number of aliphatic carboxylic acids is 1. The Balaban J connectivity index is 4.63. The molecule has 4 N–H and O–H groups in total. The first-order chi connectivity index (χ1) is 8.77. The second kappa shape index (κ2) is 7.90. The van der Waals surface area contributed by atoms with Crippen molar-refractivity contribution in [1.82, 2.24) is 15.1 Å². The van der Waals surface area contributed by atoms with Crippen LogP contribution in [0.4, 0.5) is 4.79 Å². The van der Waals surface area contributed by atoms with E-state index in [1.165, 1.54) is 7.05 Å². The van der Waals surface area contributed by atoms with Gasteiger partial charge in [-0.1, -0.05) is 0 Å². The molecule has 0 aliphatic heterocycles. The molecule has 0 bridgehead atoms. The summed E-state index contributed by atoms with van der Waals surface area (Å²) in [5.74, 6) is -2.49. The third kappa shape index (κ3) is 6.86. The van der Waals surface area contributed by atoms with E-state index in [4.69, 9.17) is 10.8 Å². The number of nitrogens with two attached hydrogens (primary N) is 1. The van der Waals surface area contributed by atoms with Crippen LogP contribution >= 0.6 is 0 Å². The van der Waals surface area contributed by atoms with Crippen LogP contribution < -0.4 is 11.1 Å². The molecule has 0 aliphatic carbocycles. The van der Waals surface area contributed by atoms with Gasteiger partial charge in [0.1, 0.15) is 19.6 Å². The molecule has 0 aromatic heterocycles. The molecule has 0 saturated heterocycles. The highest BCUT2D eigenvalue weighted by Gasteiger charge is 2.23. The zero-order chi connectivity index (χ0) is 15.0. The zero-order valence-electron chi connectivity index (χ0n) is 10.9. The van der Waals surface area contributed by atoms with Crippen molar-refractivity contribution < 1.29 is 24.3 Å². The maximum Gasteiger partial charge on any atom is 0.323 e. The minimum Gasteiger partial charge on any atom is -0.480 e. The van der Waals surface area contributed by atoms with Gasteiger partial charge in [-0.25, -0.2) is 4.79 Å². The Morgan fingerprint density at radius 2 is 1.74 bits per heavy atom. The molecular weight excluding hydrogens is 256 g/mol. The van der Waals surface area contributed by atoms with Crippen molar-refractivity contribution in [2.75, 3.05) is 33.2 Å². The van der Waals surface area contributed by atoms with Crippen molar-refractivity contribution in [2.45, 2.75) is 6.92 Å². The van der Waals surface area contributed by atoms with Gasteiger partial charge in [-0.2, -0.15) is 0 Å². The maximum absolute atomic E-state index is 11.9. The Kier molecular flexibility index (Phi) is 6.94. The Morgan fingerprint density at radius 3 is 2.16 bits per heavy atom. The van der Waals surface area contributed by atoms with Gasteiger partial charge in [-0.05, 0) is 6.92 Å². The number of carboxylic acids is 1. The summed E-state index contributed by atoms with van der Waals surface area (Å²) in [4.78, 5) is 46.3. The highest BCUT2D eigenvalue weighted by molar-refractivity contribution is 5.88. The Hall–Kier alpha value is -2.32. The number of carbonyl (C=O) groups excluding carboxylic acids is 3. The number of amides is 4. The first-order valence-electron chi connectivity index (χ1n) is 5.54. The molecule has 0 rings (SSSR count). The van der Waals surface area contributed by atoms with Gasteiger partial charge in [0.25, 0.3) is 0 Å². The summed E-state index contributed by atoms with van der Waals surface area (Å²) in [5, 5.41) is 11.1. The van der Waals surface area contributed by atoms with Crippen LogP contribution in [0.1, 0.15) is 6.92 Å². The predicted octanol–water partition coefficient (Wildman–Crippen LogP) is -1.95. The number of primary amides is 1. The fourth-order valence-corrected chi connectivity index (χ4v) is 1.32. The van der Waals surface area contributed by atoms with Gasteiger partial charge < -0.3 is 26.0 Å². The lowest BCUT2D eigenvalue weighted by Crippen LogP contribution is -2.49. The fraction of sp³-hybridized carbons (Fsp3) is 0.600. The molecule has 0 fully saturated rings. The normalized spacial score (nSPS) is 9.58. The average molecular weight is 274 g/mol. The van der Waals surface area contributed by atoms with Gasteiger partial charge >= 0.3 is 12.0 Å². The van der Waals surface area contributed by atoms with Crippen LogP contribution in [0.5, 0.6) is 0 Å². The van der Waals surface area contributed by atoms with Crippen LogP contribution in [0, 0.1) is 0 Å². The quantitative estimate of drug-likeness (QED) is 0.496. The van der Waals surface area contributed by atoms with Crippen molar-refractivity contribution in [3.05, 3.63) is 0 Å². The third-order valence-corrected chi connectivity index (χ3v) is 2.02. The van der Waals surface area contributed by atoms with Gasteiger partial charge in [-0.3, -0.25) is 14.4 Å². The van der Waals surface area contributed by atoms with E-state index in [-0.39, 0.29) is 12.5 Å². The van der Waals surface area contributed by atoms with E-state index in [0.717, 1.165) is 9.80 Å². The van der Waals surface area contributed by atoms with Gasteiger partial charge in [0.05, 0.1) is 0 Å². The number of nitrogens with zero attached hydrogens (tertiary/aromatic N) is 2. The highest BCUT2D eigenvalue weighted by atomic mass is 16.4. The summed E-state index contributed by atoms with van der Waals surface area (Å²) in [6.45, 7) is 0.721. The Labute approximate surface area is 110 Å². The standard InChI is InChI=1S/C10H18N4O5/c1-3-12-8(16)5-13(2)10(19)14(4-7(11)15)6-9(17)18/h3-6H2,1-2H3,(H2,11,15)(H,12,16)(H,17,18). The minimum atomic E-state index is -1.28. The lowest BCUT2D eigenvalue weighted by Gasteiger charge is -2.25. The summed E-state index contributed by atoms with van der Waals surface area (Å²) >= 11 is 0. The molecular formula is C10H18N4O5. The number of carboxylic acid groups (broad SMARTS) is 1. The first kappa shape index (κ1) is 16.7. The Bertz CT molecular complexity index is 355. The van der Waals surface area contributed by atoms with Crippen molar-refractivity contribution in [2.24, 2.45) is 5.73 Å². The van der Waals surface area contributed by atoms with E-state index in [9.17, 15) is 19.2 Å². The van der Waals surface area contributed by atoms with Crippen molar-refractivity contribution in [1.29, 1.82) is 0 Å². The molecule has 0 aromatic rings. The summed E-state index contributed by atoms with van der Waals surface area (Å²) in [5.41, 5.74) is 4.93. The molecule has 0 atom stereocenters. The molecule has 0 radical (unpaired) electrons. The molecule has 9 heteroatoms. The molecule has 0 heterocycles. The van der Waals surface area contributed by atoms with Crippen LogP contribution in [0.3, 0.4) is 0 Å². The summed E-state index contributed by atoms with van der Waals surface area (Å²) in [7, 11) is 1.33. The van der Waals surface area contributed by atoms with Crippen LogP contribution in [0.15, 0.2) is 0 Å². The van der Waals surface area contributed by atoms with E-state index in [1.807, 2.05) is 0 Å². The van der Waals surface area contributed by atoms with Crippen molar-refractivity contribution in [3.8, 4) is 0 Å². The van der Waals surface area contributed by atoms with Crippen LogP contribution in [0.2, 0.25) is 0 Å². The SMILES string of the molecule is CCNC(=O)CN(C)C(=O)N(CC(N)=O)CC(=O)O. The molecule has 4 amide bonds. The van der Waals surface area contributed by atoms with Crippen molar-refractivity contribution in [3.63, 3.8) is 0 Å². The molecule has 19 heavy (non-hydrogen) atoms. The van der Waals surface area contributed by atoms with E-state index in [1.54, 1.807) is 6.92 Å². The zero-order valence-corrected chi connectivity index (χ0v) is 10.9. The number of rotatable bonds is 7. The van der Waals surface area contributed by atoms with E-state index < -0.39 is 31.0 Å². The van der Waals surface area contributed by atoms with Crippen molar-refractivity contribution >= 4 is 23.8 Å². The van der Waals surface area contributed by atoms with Crippen LogP contribution in [0.25, 0.3) is 0 Å². The van der Waals surface area contributed by atoms with Gasteiger partial charge in [-0.15, -0.1) is 0 Å². The number of hydrogen-bond acceptors (Lipinski definition) is 4. The average Bonchev–Trinajstić information content (AvgIpc) is 2.25. The molecule has 0 aliphatic rings. The van der Waals surface area contributed by atoms with Crippen LogP contribution in [-0.4, -0.2) is 71.9 Å². The Morgan fingerprint density at radius 1 is 1.16 bits per heavy atom. The lowest BCUT2D eigenvalue weighted by atomic mass is 10.4. The first-order valence-corrected chi connectivity index (χ1v) is 5.54. The number of nitrogens with one attached hydrogen (secondary N) is 1. The second-order valence-electron chi connectivity index (χ2n) is 3.81. The molecule has 0 saturated carbocycles. The second-order valence-corrected chi connectivity index (χ2v) is 3.81. The molecule has 0 unspecified atom stereocenters. The summed E-state index contributed by atoms with van der Waals surface area (Å²) < 4.78 is 0. The number of carbonyl (C=O) groups is 4. The number of hydrogen-bond donors (Lipinski definition) is 3. The monoisotopic (exact) mass is 274 g/mol. The largest absolute Gasteiger partial charge is 0.480 e. The molecule has 9 nitrogen and oxygen atoms in total. The lowest BCUT2D eigenvalue weighted by molar-refractivity contribution is -0.138. The topological polar surface area (TPSA) is 133 Å². The summed E-state index contributed by atoms with van der Waals surface area (Å²) in [6, 6.07) is -0.757. The van der Waals surface area contributed by atoms with E-state index >= 15 is 0 Å². The molecule has 0 spiro atoms. The third-order valence-electron chi connectivity index (χ3n) is 2.02. The molecule has 108 valence electrons. The fourth-order valence-electron chi connectivity index (χ4n) is 1.32. The predicted molar refractivity (Wildman–Crippen MR) is 65.1 cm³/mol. The van der Waals surface area contributed by atoms with E-state index in [0.29, 0.717) is 6.54 Å². The number of urea groups is 1. The van der Waals surface area contributed by atoms with Gasteiger partial charge in [0, 0.05) is 13.6 Å². The smallest absolute Gasteiger partial charge is 0.323 e.